The van der Waals surface area contributed by atoms with Crippen molar-refractivity contribution in [2.75, 3.05) is 9.80 Å². The van der Waals surface area contributed by atoms with Gasteiger partial charge in [-0.1, -0.05) is 109 Å². The Morgan fingerprint density at radius 3 is 1.62 bits per heavy atom. The van der Waals surface area contributed by atoms with Gasteiger partial charge in [-0.05, 0) is 89.0 Å². The molecular weight excluding hydrogens is 548 g/mol. The summed E-state index contributed by atoms with van der Waals surface area (Å²) in [6.07, 6.45) is 0. The molecule has 0 atom stereocenters. The van der Waals surface area contributed by atoms with Crippen LogP contribution < -0.4 is 14.5 Å². The van der Waals surface area contributed by atoms with Gasteiger partial charge in [-0.2, -0.15) is 0 Å². The Hall–Kier alpha value is -6.06. The molecule has 0 saturated heterocycles. The summed E-state index contributed by atoms with van der Waals surface area (Å²) < 4.78 is 6.55. The average molecular weight is 579 g/mol. The van der Waals surface area contributed by atoms with E-state index in [0.717, 1.165) is 45.6 Å². The molecule has 3 heteroatoms. The number of anilines is 6. The highest BCUT2D eigenvalue weighted by Gasteiger charge is 2.27. The standard InChI is InChI=1S/C42H30N2O/c1-4-13-31(14-5-1)33-15-12-16-34(29-33)32-23-25-37(26-24-32)43(35-17-6-2-7-18-35)38-27-28-40-42(30-38)45-41-22-11-10-21-39(41)44(40)36-19-8-3-9-20-36/h1-30H. The minimum Gasteiger partial charge on any atom is -0.453 e. The van der Waals surface area contributed by atoms with Crippen LogP contribution in [-0.2, 0) is 0 Å². The summed E-state index contributed by atoms with van der Waals surface area (Å²) in [6.45, 7) is 0. The largest absolute Gasteiger partial charge is 0.453 e. The number of hydrogen-bond acceptors (Lipinski definition) is 3. The first kappa shape index (κ1) is 26.6. The van der Waals surface area contributed by atoms with Gasteiger partial charge in [0, 0.05) is 28.8 Å². The lowest BCUT2D eigenvalue weighted by Crippen LogP contribution is -2.16. The molecule has 0 aliphatic carbocycles. The Bertz CT molecular complexity index is 2070. The normalized spacial score (nSPS) is 11.7. The summed E-state index contributed by atoms with van der Waals surface area (Å²) in [4.78, 5) is 4.55. The molecule has 0 amide bonds. The second-order valence-electron chi connectivity index (χ2n) is 11.1. The van der Waals surface area contributed by atoms with Crippen molar-refractivity contribution in [3.05, 3.63) is 182 Å². The quantitative estimate of drug-likeness (QED) is 0.195. The maximum atomic E-state index is 6.55. The minimum absolute atomic E-state index is 0.810. The maximum Gasteiger partial charge on any atom is 0.153 e. The van der Waals surface area contributed by atoms with Crippen LogP contribution in [0.5, 0.6) is 11.5 Å². The van der Waals surface area contributed by atoms with E-state index in [1.807, 2.05) is 18.2 Å². The zero-order chi connectivity index (χ0) is 30.0. The van der Waals surface area contributed by atoms with Crippen LogP contribution in [0.4, 0.5) is 34.1 Å². The van der Waals surface area contributed by atoms with Crippen molar-refractivity contribution in [2.45, 2.75) is 0 Å². The van der Waals surface area contributed by atoms with Crippen molar-refractivity contribution in [1.29, 1.82) is 0 Å². The molecule has 0 saturated carbocycles. The lowest BCUT2D eigenvalue weighted by Gasteiger charge is -2.34. The highest BCUT2D eigenvalue weighted by molar-refractivity contribution is 5.89. The highest BCUT2D eigenvalue weighted by Crippen LogP contribution is 2.52. The van der Waals surface area contributed by atoms with Gasteiger partial charge in [0.25, 0.3) is 0 Å². The van der Waals surface area contributed by atoms with Gasteiger partial charge in [0.1, 0.15) is 0 Å². The lowest BCUT2D eigenvalue weighted by atomic mass is 9.99. The van der Waals surface area contributed by atoms with E-state index in [0.29, 0.717) is 0 Å². The molecule has 214 valence electrons. The number of ether oxygens (including phenoxy) is 1. The van der Waals surface area contributed by atoms with E-state index in [9.17, 15) is 0 Å². The van der Waals surface area contributed by atoms with E-state index >= 15 is 0 Å². The molecule has 0 unspecified atom stereocenters. The topological polar surface area (TPSA) is 15.7 Å². The fourth-order valence-corrected chi connectivity index (χ4v) is 6.08. The van der Waals surface area contributed by atoms with Crippen LogP contribution in [0.25, 0.3) is 22.3 Å². The molecule has 3 nitrogen and oxygen atoms in total. The summed E-state index contributed by atoms with van der Waals surface area (Å²) in [5.41, 5.74) is 11.1. The van der Waals surface area contributed by atoms with Gasteiger partial charge in [0.15, 0.2) is 11.5 Å². The van der Waals surface area contributed by atoms with Gasteiger partial charge in [-0.15, -0.1) is 0 Å². The molecular formula is C42H30N2O. The van der Waals surface area contributed by atoms with Gasteiger partial charge in [-0.3, -0.25) is 0 Å². The third-order valence-corrected chi connectivity index (χ3v) is 8.23. The average Bonchev–Trinajstić information content (AvgIpc) is 3.12. The van der Waals surface area contributed by atoms with Crippen molar-refractivity contribution in [3.63, 3.8) is 0 Å². The van der Waals surface area contributed by atoms with Gasteiger partial charge in [0.05, 0.1) is 11.4 Å². The first-order valence-electron chi connectivity index (χ1n) is 15.2. The summed E-state index contributed by atoms with van der Waals surface area (Å²) in [5.74, 6) is 1.64. The maximum absolute atomic E-state index is 6.55. The summed E-state index contributed by atoms with van der Waals surface area (Å²) in [5, 5.41) is 0. The molecule has 0 spiro atoms. The molecule has 1 aliphatic heterocycles. The summed E-state index contributed by atoms with van der Waals surface area (Å²) in [7, 11) is 0. The van der Waals surface area contributed by atoms with E-state index < -0.39 is 0 Å². The predicted octanol–water partition coefficient (Wildman–Crippen LogP) is 12.1. The molecule has 0 bridgehead atoms. The van der Waals surface area contributed by atoms with E-state index in [4.69, 9.17) is 4.74 Å². The first-order chi connectivity index (χ1) is 22.3. The second kappa shape index (κ2) is 11.6. The minimum atomic E-state index is 0.810. The predicted molar refractivity (Wildman–Crippen MR) is 187 cm³/mol. The highest BCUT2D eigenvalue weighted by atomic mass is 16.5. The van der Waals surface area contributed by atoms with Gasteiger partial charge in [0.2, 0.25) is 0 Å². The molecule has 0 N–H and O–H groups in total. The third kappa shape index (κ3) is 5.11. The van der Waals surface area contributed by atoms with Crippen LogP contribution in [0.15, 0.2) is 182 Å². The lowest BCUT2D eigenvalue weighted by molar-refractivity contribution is 0.477. The van der Waals surface area contributed by atoms with Crippen LogP contribution >= 0.6 is 0 Å². The van der Waals surface area contributed by atoms with E-state index in [-0.39, 0.29) is 0 Å². The fraction of sp³-hybridized carbons (Fsp3) is 0. The SMILES string of the molecule is c1ccc(-c2cccc(-c3ccc(N(c4ccccc4)c4ccc5c(c4)Oc4ccccc4N5c4ccccc4)cc3)c2)cc1. The Morgan fingerprint density at radius 2 is 0.889 bits per heavy atom. The number of fused-ring (bicyclic) bond motifs is 2. The van der Waals surface area contributed by atoms with E-state index in [1.165, 1.54) is 22.3 Å². The summed E-state index contributed by atoms with van der Waals surface area (Å²) in [6, 6.07) is 63.7. The number of nitrogens with zero attached hydrogens (tertiary/aromatic N) is 2. The monoisotopic (exact) mass is 578 g/mol. The molecule has 1 heterocycles. The zero-order valence-electron chi connectivity index (χ0n) is 24.6. The molecule has 1 aliphatic rings. The number of hydrogen-bond donors (Lipinski definition) is 0. The van der Waals surface area contributed by atoms with Crippen LogP contribution in [-0.4, -0.2) is 0 Å². The summed E-state index contributed by atoms with van der Waals surface area (Å²) >= 11 is 0. The Labute approximate surface area is 263 Å². The Morgan fingerprint density at radius 1 is 0.356 bits per heavy atom. The van der Waals surface area contributed by atoms with Crippen LogP contribution in [0.2, 0.25) is 0 Å². The number of para-hydroxylation sites is 4. The van der Waals surface area contributed by atoms with Crippen molar-refractivity contribution >= 4 is 34.1 Å². The van der Waals surface area contributed by atoms with Gasteiger partial charge < -0.3 is 14.5 Å². The van der Waals surface area contributed by atoms with Crippen LogP contribution in [0.1, 0.15) is 0 Å². The Balaban J connectivity index is 1.19. The molecule has 0 fully saturated rings. The molecule has 0 radical (unpaired) electrons. The number of rotatable bonds is 6. The van der Waals surface area contributed by atoms with E-state index in [1.54, 1.807) is 0 Å². The fourth-order valence-electron chi connectivity index (χ4n) is 6.08. The van der Waals surface area contributed by atoms with Crippen LogP contribution in [0.3, 0.4) is 0 Å². The Kier molecular flexibility index (Phi) is 6.82. The van der Waals surface area contributed by atoms with Gasteiger partial charge >= 0.3 is 0 Å². The zero-order valence-corrected chi connectivity index (χ0v) is 24.6. The third-order valence-electron chi connectivity index (χ3n) is 8.23. The van der Waals surface area contributed by atoms with Crippen molar-refractivity contribution in [1.82, 2.24) is 0 Å². The number of benzene rings is 7. The second-order valence-corrected chi connectivity index (χ2v) is 11.1. The molecule has 0 aromatic heterocycles. The molecule has 7 aromatic carbocycles. The van der Waals surface area contributed by atoms with Crippen molar-refractivity contribution in [3.8, 4) is 33.8 Å². The molecule has 45 heavy (non-hydrogen) atoms. The van der Waals surface area contributed by atoms with Crippen LogP contribution in [0, 0.1) is 0 Å². The van der Waals surface area contributed by atoms with E-state index in [2.05, 4.69) is 174 Å². The molecule has 8 rings (SSSR count). The van der Waals surface area contributed by atoms with Crippen molar-refractivity contribution < 1.29 is 4.74 Å². The smallest absolute Gasteiger partial charge is 0.153 e. The first-order valence-corrected chi connectivity index (χ1v) is 15.2. The molecule has 7 aromatic rings. The van der Waals surface area contributed by atoms with Gasteiger partial charge in [-0.25, -0.2) is 0 Å². The van der Waals surface area contributed by atoms with Crippen molar-refractivity contribution in [2.24, 2.45) is 0 Å².